The lowest BCUT2D eigenvalue weighted by Gasteiger charge is -2.39. The molecular formula is C21H31NO9. The second kappa shape index (κ2) is 12.0. The number of para-hydroxylation sites is 2. The van der Waals surface area contributed by atoms with Crippen molar-refractivity contribution in [1.82, 2.24) is 5.32 Å². The third kappa shape index (κ3) is 7.17. The number of carboxylic acid groups (broad SMARTS) is 1. The van der Waals surface area contributed by atoms with Crippen LogP contribution < -0.4 is 14.8 Å². The SMILES string of the molecule is C=CCOc1ccccc1OCC(CNC(C)C)OC1OC(C(=O)O)C(O)C(O)C1O. The van der Waals surface area contributed by atoms with Crippen LogP contribution in [0.3, 0.4) is 0 Å². The maximum Gasteiger partial charge on any atom is 0.335 e. The van der Waals surface area contributed by atoms with Gasteiger partial charge in [-0.3, -0.25) is 0 Å². The van der Waals surface area contributed by atoms with Crippen LogP contribution in [0.5, 0.6) is 11.5 Å². The van der Waals surface area contributed by atoms with E-state index in [1.807, 2.05) is 13.8 Å². The molecule has 6 unspecified atom stereocenters. The van der Waals surface area contributed by atoms with Crippen LogP contribution >= 0.6 is 0 Å². The molecule has 31 heavy (non-hydrogen) atoms. The Morgan fingerprint density at radius 2 is 1.81 bits per heavy atom. The summed E-state index contributed by atoms with van der Waals surface area (Å²) in [5, 5.41) is 42.4. The van der Waals surface area contributed by atoms with Gasteiger partial charge in [-0.25, -0.2) is 4.79 Å². The largest absolute Gasteiger partial charge is 0.487 e. The number of ether oxygens (including phenoxy) is 4. The molecule has 1 aliphatic heterocycles. The highest BCUT2D eigenvalue weighted by molar-refractivity contribution is 5.73. The first kappa shape index (κ1) is 25.1. The molecule has 1 heterocycles. The molecule has 0 bridgehead atoms. The van der Waals surface area contributed by atoms with Crippen LogP contribution in [0.2, 0.25) is 0 Å². The molecule has 1 fully saturated rings. The van der Waals surface area contributed by atoms with Gasteiger partial charge in [0.25, 0.3) is 0 Å². The summed E-state index contributed by atoms with van der Waals surface area (Å²) in [5.74, 6) is -0.503. The summed E-state index contributed by atoms with van der Waals surface area (Å²) < 4.78 is 22.4. The molecule has 174 valence electrons. The number of hydrogen-bond acceptors (Lipinski definition) is 9. The predicted octanol–water partition coefficient (Wildman–Crippen LogP) is -0.0944. The maximum absolute atomic E-state index is 11.3. The number of hydrogen-bond donors (Lipinski definition) is 5. The van der Waals surface area contributed by atoms with Crippen molar-refractivity contribution in [2.45, 2.75) is 56.7 Å². The normalized spacial score (nSPS) is 27.0. The Morgan fingerprint density at radius 1 is 1.16 bits per heavy atom. The molecule has 1 aromatic rings. The Balaban J connectivity index is 2.10. The van der Waals surface area contributed by atoms with E-state index in [4.69, 9.17) is 18.9 Å². The van der Waals surface area contributed by atoms with Gasteiger partial charge in [-0.05, 0) is 12.1 Å². The van der Waals surface area contributed by atoms with Crippen LogP contribution in [-0.4, -0.2) is 89.0 Å². The molecule has 2 rings (SSSR count). The summed E-state index contributed by atoms with van der Waals surface area (Å²) in [6.07, 6.45) is -7.47. The van der Waals surface area contributed by atoms with E-state index in [1.54, 1.807) is 30.3 Å². The van der Waals surface area contributed by atoms with Crippen LogP contribution in [0.15, 0.2) is 36.9 Å². The molecule has 1 aliphatic rings. The van der Waals surface area contributed by atoms with Crippen molar-refractivity contribution in [3.63, 3.8) is 0 Å². The second-order valence-corrected chi connectivity index (χ2v) is 7.41. The van der Waals surface area contributed by atoms with Crippen molar-refractivity contribution in [3.8, 4) is 11.5 Å². The zero-order valence-corrected chi connectivity index (χ0v) is 17.6. The summed E-state index contributed by atoms with van der Waals surface area (Å²) in [4.78, 5) is 11.3. The molecule has 5 N–H and O–H groups in total. The number of aliphatic hydroxyl groups excluding tert-OH is 3. The third-order valence-corrected chi connectivity index (χ3v) is 4.52. The van der Waals surface area contributed by atoms with Gasteiger partial charge < -0.3 is 44.7 Å². The molecule has 6 atom stereocenters. The van der Waals surface area contributed by atoms with Crippen LogP contribution in [0.25, 0.3) is 0 Å². The zero-order valence-electron chi connectivity index (χ0n) is 17.6. The summed E-state index contributed by atoms with van der Waals surface area (Å²) in [6, 6.07) is 7.15. The fourth-order valence-corrected chi connectivity index (χ4v) is 2.89. The van der Waals surface area contributed by atoms with Gasteiger partial charge in [0.05, 0.1) is 0 Å². The lowest BCUT2D eigenvalue weighted by molar-refractivity contribution is -0.305. The zero-order chi connectivity index (χ0) is 23.0. The first-order chi connectivity index (χ1) is 14.7. The molecule has 0 amide bonds. The highest BCUT2D eigenvalue weighted by atomic mass is 16.7. The first-order valence-corrected chi connectivity index (χ1v) is 10.0. The number of aliphatic hydroxyl groups is 3. The topological polar surface area (TPSA) is 147 Å². The van der Waals surface area contributed by atoms with Gasteiger partial charge in [0.2, 0.25) is 0 Å². The molecular weight excluding hydrogens is 410 g/mol. The van der Waals surface area contributed by atoms with Gasteiger partial charge in [-0.15, -0.1) is 0 Å². The highest BCUT2D eigenvalue weighted by Crippen LogP contribution is 2.27. The lowest BCUT2D eigenvalue weighted by Crippen LogP contribution is -2.61. The quantitative estimate of drug-likeness (QED) is 0.279. The molecule has 0 radical (unpaired) electrons. The van der Waals surface area contributed by atoms with Crippen molar-refractivity contribution in [3.05, 3.63) is 36.9 Å². The van der Waals surface area contributed by atoms with Gasteiger partial charge >= 0.3 is 5.97 Å². The first-order valence-electron chi connectivity index (χ1n) is 10.0. The molecule has 0 saturated carbocycles. The van der Waals surface area contributed by atoms with Gasteiger partial charge in [0.1, 0.15) is 37.6 Å². The van der Waals surface area contributed by atoms with Crippen molar-refractivity contribution in [2.24, 2.45) is 0 Å². The van der Waals surface area contributed by atoms with E-state index in [0.29, 0.717) is 18.1 Å². The molecule has 1 saturated heterocycles. The van der Waals surface area contributed by atoms with E-state index in [9.17, 15) is 25.2 Å². The monoisotopic (exact) mass is 441 g/mol. The van der Waals surface area contributed by atoms with Crippen LogP contribution in [0.1, 0.15) is 13.8 Å². The van der Waals surface area contributed by atoms with E-state index in [-0.39, 0.29) is 19.2 Å². The Hall–Kier alpha value is -2.21. The van der Waals surface area contributed by atoms with Crippen molar-refractivity contribution < 1.29 is 44.2 Å². The second-order valence-electron chi connectivity index (χ2n) is 7.41. The van der Waals surface area contributed by atoms with E-state index < -0.39 is 42.8 Å². The number of nitrogens with one attached hydrogen (secondary N) is 1. The fourth-order valence-electron chi connectivity index (χ4n) is 2.89. The number of benzene rings is 1. The summed E-state index contributed by atoms with van der Waals surface area (Å²) in [7, 11) is 0. The molecule has 1 aromatic carbocycles. The minimum Gasteiger partial charge on any atom is -0.487 e. The Labute approximate surface area is 181 Å². The van der Waals surface area contributed by atoms with Crippen molar-refractivity contribution >= 4 is 5.97 Å². The predicted molar refractivity (Wildman–Crippen MR) is 110 cm³/mol. The number of carboxylic acids is 1. The Kier molecular flexibility index (Phi) is 9.69. The minimum absolute atomic E-state index is 0.0111. The summed E-state index contributed by atoms with van der Waals surface area (Å²) in [6.45, 7) is 8.08. The lowest BCUT2D eigenvalue weighted by atomic mass is 9.99. The standard InChI is InChI=1S/C21H31NO9/c1-4-9-28-14-7-5-6-8-15(14)29-11-13(10-22-12(2)3)30-21-18(25)16(23)17(24)19(31-21)20(26)27/h4-8,12-13,16-19,21-25H,1,9-11H2,2-3H3,(H,26,27). The minimum atomic E-state index is -1.79. The maximum atomic E-state index is 11.3. The molecule has 0 aliphatic carbocycles. The van der Waals surface area contributed by atoms with Crippen molar-refractivity contribution in [1.29, 1.82) is 0 Å². The van der Waals surface area contributed by atoms with E-state index in [0.717, 1.165) is 0 Å². The number of aliphatic carboxylic acids is 1. The molecule has 0 spiro atoms. The number of carbonyl (C=O) groups is 1. The third-order valence-electron chi connectivity index (χ3n) is 4.52. The Bertz CT molecular complexity index is 714. The average Bonchev–Trinajstić information content (AvgIpc) is 2.74. The van der Waals surface area contributed by atoms with Crippen molar-refractivity contribution in [2.75, 3.05) is 19.8 Å². The Morgan fingerprint density at radius 3 is 2.39 bits per heavy atom. The average molecular weight is 441 g/mol. The fraction of sp³-hybridized carbons (Fsp3) is 0.571. The molecule has 10 heteroatoms. The van der Waals surface area contributed by atoms with Gasteiger partial charge in [0, 0.05) is 12.6 Å². The van der Waals surface area contributed by atoms with Crippen LogP contribution in [-0.2, 0) is 14.3 Å². The van der Waals surface area contributed by atoms with E-state index in [2.05, 4.69) is 11.9 Å². The van der Waals surface area contributed by atoms with Gasteiger partial charge in [-0.2, -0.15) is 0 Å². The molecule has 10 nitrogen and oxygen atoms in total. The summed E-state index contributed by atoms with van der Waals surface area (Å²) in [5.41, 5.74) is 0. The smallest absolute Gasteiger partial charge is 0.335 e. The van der Waals surface area contributed by atoms with Crippen LogP contribution in [0.4, 0.5) is 0 Å². The van der Waals surface area contributed by atoms with Gasteiger partial charge in [0.15, 0.2) is 23.9 Å². The van der Waals surface area contributed by atoms with Gasteiger partial charge in [-0.1, -0.05) is 38.6 Å². The highest BCUT2D eigenvalue weighted by Gasteiger charge is 2.48. The molecule has 0 aromatic heterocycles. The summed E-state index contributed by atoms with van der Waals surface area (Å²) >= 11 is 0. The van der Waals surface area contributed by atoms with Crippen LogP contribution in [0, 0.1) is 0 Å². The van der Waals surface area contributed by atoms with E-state index >= 15 is 0 Å². The number of rotatable bonds is 12. The van der Waals surface area contributed by atoms with E-state index in [1.165, 1.54) is 0 Å².